The van der Waals surface area contributed by atoms with Gasteiger partial charge in [-0.15, -0.1) is 0 Å². The molecule has 2 rings (SSSR count). The van der Waals surface area contributed by atoms with Gasteiger partial charge in [-0.25, -0.2) is 0 Å². The van der Waals surface area contributed by atoms with Crippen LogP contribution in [-0.4, -0.2) is 25.2 Å². The van der Waals surface area contributed by atoms with E-state index in [0.29, 0.717) is 24.5 Å². The van der Waals surface area contributed by atoms with Crippen molar-refractivity contribution in [2.45, 2.75) is 13.0 Å². The summed E-state index contributed by atoms with van der Waals surface area (Å²) >= 11 is 0. The fourth-order valence-corrected chi connectivity index (χ4v) is 1.40. The van der Waals surface area contributed by atoms with Crippen LogP contribution in [0, 0.1) is 6.92 Å². The van der Waals surface area contributed by atoms with Gasteiger partial charge >= 0.3 is 0 Å². The number of carbonyl (C=O) groups is 1. The molecule has 0 aromatic heterocycles. The fourth-order valence-electron chi connectivity index (χ4n) is 1.40. The van der Waals surface area contributed by atoms with Gasteiger partial charge in [0.2, 0.25) is 0 Å². The van der Waals surface area contributed by atoms with Gasteiger partial charge in [-0.3, -0.25) is 4.79 Å². The summed E-state index contributed by atoms with van der Waals surface area (Å²) < 4.78 is 4.98. The third-order valence-corrected chi connectivity index (χ3v) is 2.51. The van der Waals surface area contributed by atoms with E-state index in [9.17, 15) is 4.79 Å². The average molecular weight is 206 g/mol. The van der Waals surface area contributed by atoms with Crippen LogP contribution in [0.1, 0.15) is 15.9 Å². The maximum Gasteiger partial charge on any atom is 0.251 e. The Morgan fingerprint density at radius 2 is 2.27 bits per heavy atom. The molecule has 0 bridgehead atoms. The van der Waals surface area contributed by atoms with Gasteiger partial charge in [0.1, 0.15) is 0 Å². The first-order chi connectivity index (χ1) is 7.16. The van der Waals surface area contributed by atoms with E-state index in [1.165, 1.54) is 0 Å². The minimum Gasteiger partial charge on any atom is -0.399 e. The molecule has 1 saturated heterocycles. The predicted octanol–water partition coefficient (Wildman–Crippen LogP) is 0.706. The Balaban J connectivity index is 2.07. The van der Waals surface area contributed by atoms with Crippen molar-refractivity contribution in [1.82, 2.24) is 5.32 Å². The van der Waals surface area contributed by atoms with Crippen molar-refractivity contribution in [2.75, 3.05) is 18.9 Å². The number of nitrogens with two attached hydrogens (primary N) is 1. The Morgan fingerprint density at radius 1 is 1.53 bits per heavy atom. The molecule has 15 heavy (non-hydrogen) atoms. The zero-order chi connectivity index (χ0) is 10.8. The summed E-state index contributed by atoms with van der Waals surface area (Å²) in [6, 6.07) is 5.44. The van der Waals surface area contributed by atoms with Gasteiger partial charge in [-0.1, -0.05) is 0 Å². The van der Waals surface area contributed by atoms with Gasteiger partial charge in [0.25, 0.3) is 5.91 Å². The molecule has 0 spiro atoms. The number of rotatable bonds is 2. The number of benzene rings is 1. The molecular formula is C11H14N2O2. The molecule has 1 aliphatic heterocycles. The maximum absolute atomic E-state index is 11.7. The number of ether oxygens (including phenoxy) is 1. The summed E-state index contributed by atoms with van der Waals surface area (Å²) in [5.41, 5.74) is 7.95. The predicted molar refractivity (Wildman–Crippen MR) is 57.7 cm³/mol. The van der Waals surface area contributed by atoms with Crippen LogP contribution in [0.2, 0.25) is 0 Å². The summed E-state index contributed by atoms with van der Waals surface area (Å²) in [6.45, 7) is 3.11. The molecule has 3 N–H and O–H groups in total. The summed E-state index contributed by atoms with van der Waals surface area (Å²) in [4.78, 5) is 11.7. The number of hydrogen-bond acceptors (Lipinski definition) is 3. The molecule has 80 valence electrons. The smallest absolute Gasteiger partial charge is 0.251 e. The van der Waals surface area contributed by atoms with Crippen molar-refractivity contribution in [2.24, 2.45) is 0 Å². The Bertz CT molecular complexity index is 386. The quantitative estimate of drug-likeness (QED) is 0.700. The number of amides is 1. The second-order valence-corrected chi connectivity index (χ2v) is 3.78. The first-order valence-corrected chi connectivity index (χ1v) is 4.91. The molecule has 4 heteroatoms. The molecule has 1 fully saturated rings. The molecule has 0 radical (unpaired) electrons. The van der Waals surface area contributed by atoms with Gasteiger partial charge in [-0.05, 0) is 30.7 Å². The lowest BCUT2D eigenvalue weighted by Crippen LogP contribution is -2.48. The van der Waals surface area contributed by atoms with Gasteiger partial charge in [0.05, 0.1) is 19.3 Å². The molecule has 1 aromatic carbocycles. The van der Waals surface area contributed by atoms with Gasteiger partial charge in [-0.2, -0.15) is 0 Å². The summed E-state index contributed by atoms with van der Waals surface area (Å²) in [5.74, 6) is -0.0635. The maximum atomic E-state index is 11.7. The average Bonchev–Trinajstić information content (AvgIpc) is 2.15. The molecule has 1 amide bonds. The van der Waals surface area contributed by atoms with E-state index in [-0.39, 0.29) is 11.9 Å². The lowest BCUT2D eigenvalue weighted by Gasteiger charge is -2.26. The highest BCUT2D eigenvalue weighted by Crippen LogP contribution is 2.13. The van der Waals surface area contributed by atoms with Crippen LogP contribution < -0.4 is 11.1 Å². The second-order valence-electron chi connectivity index (χ2n) is 3.78. The zero-order valence-corrected chi connectivity index (χ0v) is 8.62. The number of carbonyl (C=O) groups excluding carboxylic acids is 1. The van der Waals surface area contributed by atoms with Crippen LogP contribution in [-0.2, 0) is 4.74 Å². The Labute approximate surface area is 88.4 Å². The van der Waals surface area contributed by atoms with Crippen LogP contribution in [0.15, 0.2) is 18.2 Å². The van der Waals surface area contributed by atoms with Crippen molar-refractivity contribution in [3.63, 3.8) is 0 Å². The molecule has 1 heterocycles. The van der Waals surface area contributed by atoms with Crippen LogP contribution in [0.5, 0.6) is 0 Å². The molecule has 0 saturated carbocycles. The molecule has 0 unspecified atom stereocenters. The summed E-state index contributed by atoms with van der Waals surface area (Å²) in [6.07, 6.45) is 0. The van der Waals surface area contributed by atoms with Crippen LogP contribution in [0.4, 0.5) is 5.69 Å². The van der Waals surface area contributed by atoms with Crippen molar-refractivity contribution in [3.05, 3.63) is 29.3 Å². The summed E-state index contributed by atoms with van der Waals surface area (Å²) in [5, 5.41) is 2.87. The van der Waals surface area contributed by atoms with E-state index in [1.807, 2.05) is 6.92 Å². The lowest BCUT2D eigenvalue weighted by molar-refractivity contribution is -0.00346. The molecule has 0 atom stereocenters. The number of hydrogen-bond donors (Lipinski definition) is 2. The van der Waals surface area contributed by atoms with E-state index in [4.69, 9.17) is 10.5 Å². The van der Waals surface area contributed by atoms with Crippen molar-refractivity contribution >= 4 is 11.6 Å². The third-order valence-electron chi connectivity index (χ3n) is 2.51. The van der Waals surface area contributed by atoms with E-state index in [0.717, 1.165) is 5.56 Å². The van der Waals surface area contributed by atoms with Gasteiger partial charge < -0.3 is 15.8 Å². The topological polar surface area (TPSA) is 64.3 Å². The van der Waals surface area contributed by atoms with E-state index >= 15 is 0 Å². The lowest BCUT2D eigenvalue weighted by atomic mass is 10.1. The van der Waals surface area contributed by atoms with Crippen molar-refractivity contribution < 1.29 is 9.53 Å². The van der Waals surface area contributed by atoms with Gasteiger partial charge in [0, 0.05) is 11.3 Å². The van der Waals surface area contributed by atoms with E-state index in [1.54, 1.807) is 18.2 Å². The molecule has 4 nitrogen and oxygen atoms in total. The Kier molecular flexibility index (Phi) is 2.60. The fraction of sp³-hybridized carbons (Fsp3) is 0.364. The van der Waals surface area contributed by atoms with E-state index < -0.39 is 0 Å². The standard InChI is InChI=1S/C11H14N2O2/c1-7-4-8(2-3-10(7)12)11(14)13-9-5-15-6-9/h2-4,9H,5-6,12H2,1H3,(H,13,14). The van der Waals surface area contributed by atoms with Gasteiger partial charge in [0.15, 0.2) is 0 Å². The highest BCUT2D eigenvalue weighted by molar-refractivity contribution is 5.95. The van der Waals surface area contributed by atoms with Crippen LogP contribution >= 0.6 is 0 Å². The third kappa shape index (κ3) is 2.10. The monoisotopic (exact) mass is 206 g/mol. The molecule has 1 aliphatic rings. The molecular weight excluding hydrogens is 192 g/mol. The van der Waals surface area contributed by atoms with Crippen LogP contribution in [0.3, 0.4) is 0 Å². The number of aryl methyl sites for hydroxylation is 1. The Hall–Kier alpha value is -1.55. The SMILES string of the molecule is Cc1cc(C(=O)NC2COC2)ccc1N. The molecule has 0 aliphatic carbocycles. The number of anilines is 1. The minimum atomic E-state index is -0.0635. The highest BCUT2D eigenvalue weighted by atomic mass is 16.5. The highest BCUT2D eigenvalue weighted by Gasteiger charge is 2.20. The van der Waals surface area contributed by atoms with Crippen molar-refractivity contribution in [1.29, 1.82) is 0 Å². The first kappa shape index (κ1) is 9.98. The van der Waals surface area contributed by atoms with Crippen LogP contribution in [0.25, 0.3) is 0 Å². The minimum absolute atomic E-state index is 0.0635. The number of nitrogen functional groups attached to an aromatic ring is 1. The first-order valence-electron chi connectivity index (χ1n) is 4.91. The number of nitrogens with one attached hydrogen (secondary N) is 1. The largest absolute Gasteiger partial charge is 0.399 e. The zero-order valence-electron chi connectivity index (χ0n) is 8.62. The molecule has 1 aromatic rings. The summed E-state index contributed by atoms with van der Waals surface area (Å²) in [7, 11) is 0. The van der Waals surface area contributed by atoms with Crippen molar-refractivity contribution in [3.8, 4) is 0 Å². The Morgan fingerprint density at radius 3 is 2.80 bits per heavy atom. The normalized spacial score (nSPS) is 15.8. The van der Waals surface area contributed by atoms with E-state index in [2.05, 4.69) is 5.32 Å². The second kappa shape index (κ2) is 3.90.